The number of benzene rings is 1. The molecule has 0 aromatic heterocycles. The van der Waals surface area contributed by atoms with Gasteiger partial charge < -0.3 is 15.0 Å². The second kappa shape index (κ2) is 7.55. The largest absolute Gasteiger partial charge is 0.447 e. The lowest BCUT2D eigenvalue weighted by atomic mass is 10.1. The third-order valence-corrected chi connectivity index (χ3v) is 4.52. The molecule has 2 aliphatic rings. The minimum atomic E-state index is -0.359. The number of ether oxygens (including phenoxy) is 1. The first-order valence-corrected chi connectivity index (χ1v) is 8.65. The molecule has 7 heteroatoms. The van der Waals surface area contributed by atoms with Gasteiger partial charge in [-0.1, -0.05) is 6.92 Å². The molecular formula is C18H23N3O4. The molecule has 3 amide bonds. The number of cyclic esters (lactones) is 1. The molecule has 0 bridgehead atoms. The highest BCUT2D eigenvalue weighted by Gasteiger charge is 2.24. The van der Waals surface area contributed by atoms with E-state index >= 15 is 0 Å². The van der Waals surface area contributed by atoms with Gasteiger partial charge >= 0.3 is 6.09 Å². The lowest BCUT2D eigenvalue weighted by Gasteiger charge is -2.21. The Balaban J connectivity index is 1.49. The van der Waals surface area contributed by atoms with Crippen molar-refractivity contribution in [3.8, 4) is 0 Å². The van der Waals surface area contributed by atoms with Crippen molar-refractivity contribution in [2.75, 3.05) is 37.7 Å². The van der Waals surface area contributed by atoms with E-state index in [1.165, 1.54) is 4.90 Å². The van der Waals surface area contributed by atoms with E-state index in [0.29, 0.717) is 38.2 Å². The number of hydrogen-bond donors (Lipinski definition) is 1. The van der Waals surface area contributed by atoms with E-state index in [2.05, 4.69) is 5.32 Å². The highest BCUT2D eigenvalue weighted by Crippen LogP contribution is 2.19. The van der Waals surface area contributed by atoms with Crippen LogP contribution in [0, 0.1) is 5.92 Å². The van der Waals surface area contributed by atoms with E-state index in [1.54, 1.807) is 24.3 Å². The summed E-state index contributed by atoms with van der Waals surface area (Å²) in [4.78, 5) is 38.8. The van der Waals surface area contributed by atoms with E-state index in [1.807, 2.05) is 11.8 Å². The molecule has 0 spiro atoms. The van der Waals surface area contributed by atoms with Crippen molar-refractivity contribution >= 4 is 23.6 Å². The quantitative estimate of drug-likeness (QED) is 0.850. The third kappa shape index (κ3) is 4.10. The molecule has 1 aromatic carbocycles. The van der Waals surface area contributed by atoms with Crippen molar-refractivity contribution in [1.29, 1.82) is 0 Å². The Morgan fingerprint density at radius 3 is 2.60 bits per heavy atom. The summed E-state index contributed by atoms with van der Waals surface area (Å²) in [6, 6.07) is 6.89. The summed E-state index contributed by atoms with van der Waals surface area (Å²) in [5.74, 6) is 0.244. The maximum absolute atomic E-state index is 12.3. The number of amides is 3. The zero-order valence-electron chi connectivity index (χ0n) is 14.4. The number of carbonyl (C=O) groups is 3. The third-order valence-electron chi connectivity index (χ3n) is 4.52. The maximum Gasteiger partial charge on any atom is 0.414 e. The Hall–Kier alpha value is -2.57. The van der Waals surface area contributed by atoms with Crippen molar-refractivity contribution in [2.45, 2.75) is 19.8 Å². The summed E-state index contributed by atoms with van der Waals surface area (Å²) in [6.45, 7) is 4.94. The monoisotopic (exact) mass is 345 g/mol. The molecule has 1 atom stereocenters. The summed E-state index contributed by atoms with van der Waals surface area (Å²) in [6.07, 6.45) is 1.20. The number of likely N-dealkylation sites (tertiary alicyclic amines) is 1. The van der Waals surface area contributed by atoms with Crippen LogP contribution in [-0.2, 0) is 9.53 Å². The van der Waals surface area contributed by atoms with Gasteiger partial charge in [-0.25, -0.2) is 4.79 Å². The Morgan fingerprint density at radius 2 is 2.00 bits per heavy atom. The topological polar surface area (TPSA) is 79.0 Å². The molecule has 2 fully saturated rings. The van der Waals surface area contributed by atoms with Crippen LogP contribution in [0.2, 0.25) is 0 Å². The van der Waals surface area contributed by atoms with Crippen LogP contribution < -0.4 is 10.2 Å². The first kappa shape index (κ1) is 17.3. The van der Waals surface area contributed by atoms with Gasteiger partial charge in [-0.2, -0.15) is 0 Å². The maximum atomic E-state index is 12.3. The van der Waals surface area contributed by atoms with Gasteiger partial charge in [-0.05, 0) is 36.6 Å². The summed E-state index contributed by atoms with van der Waals surface area (Å²) in [5.41, 5.74) is 1.26. The molecule has 1 aromatic rings. The van der Waals surface area contributed by atoms with Crippen LogP contribution in [0.4, 0.5) is 10.5 Å². The first-order chi connectivity index (χ1) is 12.0. The first-order valence-electron chi connectivity index (χ1n) is 8.65. The molecular weight excluding hydrogens is 322 g/mol. The van der Waals surface area contributed by atoms with Gasteiger partial charge in [0.1, 0.15) is 6.61 Å². The van der Waals surface area contributed by atoms with Crippen molar-refractivity contribution < 1.29 is 19.1 Å². The van der Waals surface area contributed by atoms with Crippen molar-refractivity contribution in [3.05, 3.63) is 29.8 Å². The van der Waals surface area contributed by atoms with Crippen LogP contribution in [0.15, 0.2) is 24.3 Å². The fourth-order valence-corrected chi connectivity index (χ4v) is 3.13. The normalized spacial score (nSPS) is 18.4. The van der Waals surface area contributed by atoms with E-state index < -0.39 is 0 Å². The summed E-state index contributed by atoms with van der Waals surface area (Å²) < 4.78 is 4.90. The molecule has 0 radical (unpaired) electrons. The summed E-state index contributed by atoms with van der Waals surface area (Å²) >= 11 is 0. The Kier molecular flexibility index (Phi) is 5.21. The highest BCUT2D eigenvalue weighted by atomic mass is 16.6. The van der Waals surface area contributed by atoms with E-state index in [0.717, 1.165) is 18.7 Å². The fraction of sp³-hybridized carbons (Fsp3) is 0.500. The minimum absolute atomic E-state index is 0.157. The second-order valence-electron chi connectivity index (χ2n) is 6.57. The number of hydrogen-bond acceptors (Lipinski definition) is 4. The molecule has 2 saturated heterocycles. The van der Waals surface area contributed by atoms with Gasteiger partial charge in [0.25, 0.3) is 5.91 Å². The average molecular weight is 345 g/mol. The SMILES string of the molecule is C[C@H](CNC(=O)c1ccc(N2CCOC2=O)cc1)CN1CCCC1=O. The van der Waals surface area contributed by atoms with Crippen LogP contribution in [0.3, 0.4) is 0 Å². The smallest absolute Gasteiger partial charge is 0.414 e. The standard InChI is InChI=1S/C18H23N3O4/c1-13(12-20-8-2-3-16(20)22)11-19-17(23)14-4-6-15(7-5-14)21-9-10-25-18(21)24/h4-7,13H,2-3,8-12H2,1H3,(H,19,23)/t13-/m1/s1. The molecule has 0 saturated carbocycles. The van der Waals surface area contributed by atoms with Crippen LogP contribution >= 0.6 is 0 Å². The van der Waals surface area contributed by atoms with Crippen LogP contribution in [0.25, 0.3) is 0 Å². The molecule has 25 heavy (non-hydrogen) atoms. The molecule has 1 N–H and O–H groups in total. The fourth-order valence-electron chi connectivity index (χ4n) is 3.13. The number of nitrogens with zero attached hydrogens (tertiary/aromatic N) is 2. The van der Waals surface area contributed by atoms with Crippen molar-refractivity contribution in [3.63, 3.8) is 0 Å². The zero-order valence-corrected chi connectivity index (χ0v) is 14.4. The van der Waals surface area contributed by atoms with Crippen molar-refractivity contribution in [1.82, 2.24) is 10.2 Å². The zero-order chi connectivity index (χ0) is 17.8. The molecule has 2 aliphatic heterocycles. The lowest BCUT2D eigenvalue weighted by molar-refractivity contribution is -0.128. The van der Waals surface area contributed by atoms with Gasteiger partial charge in [0.05, 0.1) is 6.54 Å². The number of carbonyl (C=O) groups excluding carboxylic acids is 3. The van der Waals surface area contributed by atoms with Crippen molar-refractivity contribution in [2.24, 2.45) is 5.92 Å². The molecule has 2 heterocycles. The number of rotatable bonds is 6. The second-order valence-corrected chi connectivity index (χ2v) is 6.57. The average Bonchev–Trinajstić information content (AvgIpc) is 3.21. The van der Waals surface area contributed by atoms with Gasteiger partial charge in [0, 0.05) is 37.3 Å². The summed E-state index contributed by atoms with van der Waals surface area (Å²) in [7, 11) is 0. The summed E-state index contributed by atoms with van der Waals surface area (Å²) in [5, 5.41) is 2.90. The molecule has 0 unspecified atom stereocenters. The molecule has 134 valence electrons. The Morgan fingerprint density at radius 1 is 1.24 bits per heavy atom. The van der Waals surface area contributed by atoms with Crippen LogP contribution in [0.5, 0.6) is 0 Å². The molecule has 0 aliphatic carbocycles. The van der Waals surface area contributed by atoms with Gasteiger partial charge in [0.15, 0.2) is 0 Å². The van der Waals surface area contributed by atoms with Gasteiger partial charge in [-0.15, -0.1) is 0 Å². The Bertz CT molecular complexity index is 659. The highest BCUT2D eigenvalue weighted by molar-refractivity contribution is 5.95. The van der Waals surface area contributed by atoms with Gasteiger partial charge in [-0.3, -0.25) is 14.5 Å². The van der Waals surface area contributed by atoms with Crippen LogP contribution in [0.1, 0.15) is 30.1 Å². The van der Waals surface area contributed by atoms with E-state index in [-0.39, 0.29) is 23.8 Å². The van der Waals surface area contributed by atoms with E-state index in [9.17, 15) is 14.4 Å². The molecule has 7 nitrogen and oxygen atoms in total. The number of nitrogens with one attached hydrogen (secondary N) is 1. The van der Waals surface area contributed by atoms with E-state index in [4.69, 9.17) is 4.74 Å². The Labute approximate surface area is 146 Å². The predicted octanol–water partition coefficient (Wildman–Crippen LogP) is 1.63. The number of anilines is 1. The van der Waals surface area contributed by atoms with Gasteiger partial charge in [0.2, 0.25) is 5.91 Å². The molecule has 3 rings (SSSR count). The predicted molar refractivity (Wildman–Crippen MR) is 92.4 cm³/mol. The minimum Gasteiger partial charge on any atom is -0.447 e. The van der Waals surface area contributed by atoms with Crippen LogP contribution in [-0.4, -0.2) is 55.6 Å². The lowest BCUT2D eigenvalue weighted by Crippen LogP contribution is -2.36.